The van der Waals surface area contributed by atoms with E-state index in [2.05, 4.69) is 16.8 Å². The van der Waals surface area contributed by atoms with Crippen molar-refractivity contribution in [3.8, 4) is 0 Å². The topological polar surface area (TPSA) is 29.8 Å². The molecule has 6 heteroatoms. The summed E-state index contributed by atoms with van der Waals surface area (Å²) in [6.07, 6.45) is 4.08. The molecule has 0 bridgehead atoms. The second-order valence-corrected chi connectivity index (χ2v) is 5.73. The summed E-state index contributed by atoms with van der Waals surface area (Å²) >= 11 is 12.1. The average molecular weight is 300 g/mol. The summed E-state index contributed by atoms with van der Waals surface area (Å²) in [7, 11) is 0. The highest BCUT2D eigenvalue weighted by Gasteiger charge is 2.18. The summed E-state index contributed by atoms with van der Waals surface area (Å²) in [5, 5.41) is 1.19. The zero-order valence-electron chi connectivity index (χ0n) is 10.6. The fourth-order valence-corrected chi connectivity index (χ4v) is 2.94. The van der Waals surface area contributed by atoms with E-state index >= 15 is 0 Å². The highest BCUT2D eigenvalue weighted by atomic mass is 35.5. The van der Waals surface area contributed by atoms with Crippen LogP contribution in [0.1, 0.15) is 12.6 Å². The van der Waals surface area contributed by atoms with E-state index in [0.717, 1.165) is 37.6 Å². The zero-order chi connectivity index (χ0) is 13.4. The van der Waals surface area contributed by atoms with E-state index in [0.29, 0.717) is 10.0 Å². The Balaban J connectivity index is 1.83. The van der Waals surface area contributed by atoms with Gasteiger partial charge in [-0.05, 0) is 13.0 Å². The Labute approximate surface area is 121 Å². The van der Waals surface area contributed by atoms with Crippen molar-refractivity contribution in [1.82, 2.24) is 14.3 Å². The van der Waals surface area contributed by atoms with Gasteiger partial charge in [0.05, 0.1) is 28.5 Å². The molecule has 1 atom stereocenters. The smallest absolute Gasteiger partial charge is 0.156 e. The third kappa shape index (κ3) is 2.87. The molecule has 102 valence electrons. The second kappa shape index (κ2) is 5.29. The van der Waals surface area contributed by atoms with Gasteiger partial charge in [0, 0.05) is 32.0 Å². The Kier molecular flexibility index (Phi) is 3.67. The lowest BCUT2D eigenvalue weighted by Gasteiger charge is -2.30. The molecule has 1 saturated heterocycles. The lowest BCUT2D eigenvalue weighted by Crippen LogP contribution is -2.40. The molecule has 0 saturated carbocycles. The average Bonchev–Trinajstić information content (AvgIpc) is 2.71. The molecule has 1 fully saturated rings. The van der Waals surface area contributed by atoms with Crippen LogP contribution in [0.3, 0.4) is 0 Å². The molecule has 3 heterocycles. The first kappa shape index (κ1) is 13.2. The molecule has 1 aliphatic heterocycles. The molecule has 0 aromatic carbocycles. The predicted octanol–water partition coefficient (Wildman–Crippen LogP) is 2.86. The van der Waals surface area contributed by atoms with Gasteiger partial charge >= 0.3 is 0 Å². The molecule has 0 spiro atoms. The number of hydrogen-bond donors (Lipinski definition) is 0. The van der Waals surface area contributed by atoms with E-state index in [1.165, 1.54) is 0 Å². The van der Waals surface area contributed by atoms with Crippen LogP contribution in [0.25, 0.3) is 5.65 Å². The van der Waals surface area contributed by atoms with Gasteiger partial charge in [0.2, 0.25) is 0 Å². The molecule has 0 amide bonds. The van der Waals surface area contributed by atoms with Gasteiger partial charge < -0.3 is 9.14 Å². The number of morpholine rings is 1. The van der Waals surface area contributed by atoms with Gasteiger partial charge in [-0.3, -0.25) is 4.90 Å². The molecular weight excluding hydrogens is 285 g/mol. The number of imidazole rings is 1. The van der Waals surface area contributed by atoms with Crippen molar-refractivity contribution in [2.45, 2.75) is 19.6 Å². The van der Waals surface area contributed by atoms with Crippen molar-refractivity contribution in [2.24, 2.45) is 0 Å². The van der Waals surface area contributed by atoms with Crippen LogP contribution in [0.15, 0.2) is 18.5 Å². The maximum atomic E-state index is 6.14. The normalized spacial score (nSPS) is 21.1. The minimum Gasteiger partial charge on any atom is -0.376 e. The number of hydrogen-bond acceptors (Lipinski definition) is 3. The van der Waals surface area contributed by atoms with Crippen molar-refractivity contribution in [1.29, 1.82) is 0 Å². The summed E-state index contributed by atoms with van der Waals surface area (Å²) in [6, 6.07) is 1.71. The molecular formula is C13H15Cl2N3O. The van der Waals surface area contributed by atoms with Gasteiger partial charge in [-0.25, -0.2) is 4.98 Å². The molecule has 2 aromatic rings. The highest BCUT2D eigenvalue weighted by molar-refractivity contribution is 6.36. The summed E-state index contributed by atoms with van der Waals surface area (Å²) in [6.45, 7) is 5.55. The van der Waals surface area contributed by atoms with E-state index in [-0.39, 0.29) is 6.10 Å². The number of aromatic nitrogens is 2. The maximum Gasteiger partial charge on any atom is 0.156 e. The van der Waals surface area contributed by atoms with E-state index in [1.54, 1.807) is 6.07 Å². The minimum atomic E-state index is 0.281. The molecule has 0 radical (unpaired) electrons. The molecule has 4 nitrogen and oxygen atoms in total. The SMILES string of the molecule is C[C@H]1CN(Cc2cn3cc(Cl)cc(Cl)c3n2)CCO1. The molecule has 19 heavy (non-hydrogen) atoms. The molecule has 0 N–H and O–H groups in total. The minimum absolute atomic E-state index is 0.281. The molecule has 3 rings (SSSR count). The van der Waals surface area contributed by atoms with E-state index in [4.69, 9.17) is 27.9 Å². The lowest BCUT2D eigenvalue weighted by atomic mass is 10.3. The maximum absolute atomic E-state index is 6.14. The molecule has 1 aliphatic rings. The number of rotatable bonds is 2. The number of pyridine rings is 1. The van der Waals surface area contributed by atoms with Crippen molar-refractivity contribution in [3.05, 3.63) is 34.2 Å². The summed E-state index contributed by atoms with van der Waals surface area (Å²) in [5.41, 5.74) is 1.75. The first-order chi connectivity index (χ1) is 9.11. The van der Waals surface area contributed by atoms with Crippen molar-refractivity contribution >= 4 is 28.8 Å². The first-order valence-corrected chi connectivity index (χ1v) is 7.04. The van der Waals surface area contributed by atoms with Crippen molar-refractivity contribution in [2.75, 3.05) is 19.7 Å². The molecule has 0 aliphatic carbocycles. The lowest BCUT2D eigenvalue weighted by molar-refractivity contribution is -0.0215. The first-order valence-electron chi connectivity index (χ1n) is 6.28. The summed E-state index contributed by atoms with van der Waals surface area (Å²) in [4.78, 5) is 6.90. The van der Waals surface area contributed by atoms with Crippen LogP contribution in [0.4, 0.5) is 0 Å². The highest BCUT2D eigenvalue weighted by Crippen LogP contribution is 2.22. The molecule has 0 unspecified atom stereocenters. The van der Waals surface area contributed by atoms with Crippen LogP contribution < -0.4 is 0 Å². The number of halogens is 2. The van der Waals surface area contributed by atoms with E-state index in [1.807, 2.05) is 16.8 Å². The van der Waals surface area contributed by atoms with Crippen molar-refractivity contribution < 1.29 is 4.74 Å². The van der Waals surface area contributed by atoms with E-state index < -0.39 is 0 Å². The fourth-order valence-electron chi connectivity index (χ4n) is 2.41. The Morgan fingerprint density at radius 2 is 2.26 bits per heavy atom. The Morgan fingerprint density at radius 1 is 1.42 bits per heavy atom. The van der Waals surface area contributed by atoms with Gasteiger partial charge in [-0.2, -0.15) is 0 Å². The van der Waals surface area contributed by atoms with Crippen LogP contribution in [0, 0.1) is 0 Å². The van der Waals surface area contributed by atoms with E-state index in [9.17, 15) is 0 Å². The van der Waals surface area contributed by atoms with Crippen LogP contribution in [-0.4, -0.2) is 40.1 Å². The third-order valence-electron chi connectivity index (χ3n) is 3.23. The number of ether oxygens (including phenoxy) is 1. The largest absolute Gasteiger partial charge is 0.376 e. The van der Waals surface area contributed by atoms with Gasteiger partial charge in [0.15, 0.2) is 5.65 Å². The van der Waals surface area contributed by atoms with Crippen LogP contribution in [-0.2, 0) is 11.3 Å². The summed E-state index contributed by atoms with van der Waals surface area (Å²) in [5.74, 6) is 0. The van der Waals surface area contributed by atoms with Gasteiger partial charge in [-0.1, -0.05) is 23.2 Å². The fraction of sp³-hybridized carbons (Fsp3) is 0.462. The monoisotopic (exact) mass is 299 g/mol. The van der Waals surface area contributed by atoms with Crippen LogP contribution in [0.2, 0.25) is 10.0 Å². The van der Waals surface area contributed by atoms with Gasteiger partial charge in [0.25, 0.3) is 0 Å². The Morgan fingerprint density at radius 3 is 3.05 bits per heavy atom. The van der Waals surface area contributed by atoms with Gasteiger partial charge in [-0.15, -0.1) is 0 Å². The Bertz CT molecular complexity index is 599. The second-order valence-electron chi connectivity index (χ2n) is 4.89. The van der Waals surface area contributed by atoms with Crippen LogP contribution >= 0.6 is 23.2 Å². The zero-order valence-corrected chi connectivity index (χ0v) is 12.2. The standard InChI is InChI=1S/C13H15Cl2N3O/c1-9-5-17(2-3-19-9)7-11-8-18-6-10(14)4-12(15)13(18)16-11/h4,6,8-9H,2-3,5,7H2,1H3/t9-/m0/s1. The predicted molar refractivity (Wildman–Crippen MR) is 75.9 cm³/mol. The summed E-state index contributed by atoms with van der Waals surface area (Å²) < 4.78 is 7.41. The third-order valence-corrected chi connectivity index (χ3v) is 3.72. The van der Waals surface area contributed by atoms with Gasteiger partial charge in [0.1, 0.15) is 0 Å². The Hall–Kier alpha value is -0.810. The van der Waals surface area contributed by atoms with Crippen LogP contribution in [0.5, 0.6) is 0 Å². The number of fused-ring (bicyclic) bond motifs is 1. The quantitative estimate of drug-likeness (QED) is 0.854. The molecule has 2 aromatic heterocycles. The van der Waals surface area contributed by atoms with Crippen molar-refractivity contribution in [3.63, 3.8) is 0 Å². The number of nitrogens with zero attached hydrogens (tertiary/aromatic N) is 3.